The fraction of sp³-hybridized carbons (Fsp3) is 0.333. The predicted molar refractivity (Wildman–Crippen MR) is 125 cm³/mol. The molecule has 34 heavy (non-hydrogen) atoms. The molecule has 5 rings (SSSR count). The van der Waals surface area contributed by atoms with Gasteiger partial charge in [0.1, 0.15) is 11.3 Å². The molecule has 0 unspecified atom stereocenters. The topological polar surface area (TPSA) is 109 Å². The molecule has 178 valence electrons. The second kappa shape index (κ2) is 9.21. The molecule has 2 aliphatic heterocycles. The van der Waals surface area contributed by atoms with E-state index in [2.05, 4.69) is 5.32 Å². The van der Waals surface area contributed by atoms with Gasteiger partial charge in [0.15, 0.2) is 0 Å². The Kier molecular flexibility index (Phi) is 6.11. The summed E-state index contributed by atoms with van der Waals surface area (Å²) in [7, 11) is -3.67. The van der Waals surface area contributed by atoms with Gasteiger partial charge in [-0.3, -0.25) is 9.59 Å². The summed E-state index contributed by atoms with van der Waals surface area (Å²) in [5, 5.41) is 3.39. The van der Waals surface area contributed by atoms with Gasteiger partial charge in [-0.15, -0.1) is 0 Å². The number of para-hydroxylation sites is 1. The number of carbonyl (C=O) groups excluding carboxylic acids is 2. The molecule has 2 amide bonds. The van der Waals surface area contributed by atoms with Gasteiger partial charge in [0, 0.05) is 37.1 Å². The maximum atomic E-state index is 13.2. The van der Waals surface area contributed by atoms with Crippen LogP contribution in [0.3, 0.4) is 0 Å². The van der Waals surface area contributed by atoms with Crippen molar-refractivity contribution >= 4 is 38.5 Å². The van der Waals surface area contributed by atoms with Crippen LogP contribution >= 0.6 is 0 Å². The maximum absolute atomic E-state index is 13.2. The molecule has 9 nitrogen and oxygen atoms in total. The molecule has 3 heterocycles. The molecule has 0 bridgehead atoms. The van der Waals surface area contributed by atoms with E-state index in [4.69, 9.17) is 9.15 Å². The minimum absolute atomic E-state index is 0.0392. The van der Waals surface area contributed by atoms with Crippen molar-refractivity contribution in [2.75, 3.05) is 44.7 Å². The van der Waals surface area contributed by atoms with Gasteiger partial charge in [0.05, 0.1) is 18.1 Å². The molecule has 1 aromatic heterocycles. The number of sulfonamides is 1. The van der Waals surface area contributed by atoms with E-state index in [1.807, 2.05) is 0 Å². The fourth-order valence-electron chi connectivity index (χ4n) is 4.29. The molecular weight excluding hydrogens is 458 g/mol. The van der Waals surface area contributed by atoms with Gasteiger partial charge in [0.25, 0.3) is 11.8 Å². The standard InChI is InChI=1S/C24H25N3O6S/c28-23(17-6-5-7-18(16-17)34(30,31)27-10-3-4-11-27)25-21-19-8-1-2-9-20(19)33-22(21)24(29)26-12-14-32-15-13-26/h1-2,5-9,16H,3-4,10-15H2,(H,25,28). The highest BCUT2D eigenvalue weighted by molar-refractivity contribution is 7.89. The zero-order valence-corrected chi connectivity index (χ0v) is 19.3. The van der Waals surface area contributed by atoms with Crippen LogP contribution in [0.5, 0.6) is 0 Å². The van der Waals surface area contributed by atoms with Crippen molar-refractivity contribution in [2.24, 2.45) is 0 Å². The fourth-order valence-corrected chi connectivity index (χ4v) is 5.85. The first-order chi connectivity index (χ1) is 16.4. The van der Waals surface area contributed by atoms with Crippen LogP contribution in [0.25, 0.3) is 11.0 Å². The summed E-state index contributed by atoms with van der Waals surface area (Å²) in [4.78, 5) is 28.1. The molecule has 3 aromatic rings. The van der Waals surface area contributed by atoms with E-state index >= 15 is 0 Å². The Bertz CT molecular complexity index is 1340. The number of morpholine rings is 1. The van der Waals surface area contributed by atoms with Gasteiger partial charge in [-0.05, 0) is 43.2 Å². The highest BCUT2D eigenvalue weighted by Gasteiger charge is 2.29. The lowest BCUT2D eigenvalue weighted by Crippen LogP contribution is -2.40. The Morgan fingerprint density at radius 2 is 1.65 bits per heavy atom. The molecule has 1 N–H and O–H groups in total. The van der Waals surface area contributed by atoms with Gasteiger partial charge < -0.3 is 19.4 Å². The number of rotatable bonds is 5. The predicted octanol–water partition coefficient (Wildman–Crippen LogP) is 2.94. The van der Waals surface area contributed by atoms with E-state index in [-0.39, 0.29) is 27.8 Å². The molecule has 2 fully saturated rings. The third kappa shape index (κ3) is 4.20. The number of nitrogens with one attached hydrogen (secondary N) is 1. The van der Waals surface area contributed by atoms with Gasteiger partial charge in [-0.2, -0.15) is 4.31 Å². The molecule has 2 aromatic carbocycles. The van der Waals surface area contributed by atoms with E-state index in [0.717, 1.165) is 12.8 Å². The minimum atomic E-state index is -3.67. The Labute approximate surface area is 197 Å². The Balaban J connectivity index is 1.46. The van der Waals surface area contributed by atoms with Crippen LogP contribution in [0.2, 0.25) is 0 Å². The summed E-state index contributed by atoms with van der Waals surface area (Å²) in [6.45, 7) is 2.69. The van der Waals surface area contributed by atoms with Gasteiger partial charge in [0.2, 0.25) is 15.8 Å². The monoisotopic (exact) mass is 483 g/mol. The molecule has 0 spiro atoms. The Morgan fingerprint density at radius 1 is 0.912 bits per heavy atom. The minimum Gasteiger partial charge on any atom is -0.449 e. The smallest absolute Gasteiger partial charge is 0.291 e. The van der Waals surface area contributed by atoms with E-state index < -0.39 is 15.9 Å². The molecule has 0 saturated carbocycles. The normalized spacial score (nSPS) is 17.2. The van der Waals surface area contributed by atoms with E-state index in [9.17, 15) is 18.0 Å². The third-order valence-electron chi connectivity index (χ3n) is 6.13. The summed E-state index contributed by atoms with van der Waals surface area (Å²) in [5.41, 5.74) is 0.917. The van der Waals surface area contributed by atoms with Crippen LogP contribution in [0.15, 0.2) is 57.8 Å². The van der Waals surface area contributed by atoms with Crippen LogP contribution in [-0.4, -0.2) is 68.8 Å². The third-order valence-corrected chi connectivity index (χ3v) is 8.02. The van der Waals surface area contributed by atoms with Crippen molar-refractivity contribution in [3.8, 4) is 0 Å². The quantitative estimate of drug-likeness (QED) is 0.598. The van der Waals surface area contributed by atoms with Crippen LogP contribution < -0.4 is 5.32 Å². The lowest BCUT2D eigenvalue weighted by Gasteiger charge is -2.26. The first-order valence-corrected chi connectivity index (χ1v) is 12.7. The summed E-state index contributed by atoms with van der Waals surface area (Å²) < 4.78 is 38.5. The van der Waals surface area contributed by atoms with Crippen molar-refractivity contribution in [3.63, 3.8) is 0 Å². The molecule has 0 aliphatic carbocycles. The Morgan fingerprint density at radius 3 is 2.41 bits per heavy atom. The van der Waals surface area contributed by atoms with Gasteiger partial charge in [-0.1, -0.05) is 18.2 Å². The van der Waals surface area contributed by atoms with Crippen molar-refractivity contribution in [1.29, 1.82) is 0 Å². The van der Waals surface area contributed by atoms with Crippen molar-refractivity contribution < 1.29 is 27.2 Å². The number of amides is 2. The number of carbonyl (C=O) groups is 2. The van der Waals surface area contributed by atoms with Crippen molar-refractivity contribution in [1.82, 2.24) is 9.21 Å². The number of fused-ring (bicyclic) bond motifs is 1. The van der Waals surface area contributed by atoms with Gasteiger partial charge >= 0.3 is 0 Å². The second-order valence-corrected chi connectivity index (χ2v) is 10.2. The van der Waals surface area contributed by atoms with Crippen molar-refractivity contribution in [3.05, 3.63) is 59.9 Å². The number of benzene rings is 2. The van der Waals surface area contributed by atoms with Crippen LogP contribution in [-0.2, 0) is 14.8 Å². The second-order valence-electron chi connectivity index (χ2n) is 8.30. The summed E-state index contributed by atoms with van der Waals surface area (Å²) in [5.74, 6) is -0.821. The number of ether oxygens (including phenoxy) is 1. The largest absolute Gasteiger partial charge is 0.449 e. The van der Waals surface area contributed by atoms with Gasteiger partial charge in [-0.25, -0.2) is 8.42 Å². The molecular formula is C24H25N3O6S. The van der Waals surface area contributed by atoms with E-state index in [1.54, 1.807) is 41.3 Å². The summed E-state index contributed by atoms with van der Waals surface area (Å²) in [6, 6.07) is 13.0. The number of furan rings is 1. The number of hydrogen-bond acceptors (Lipinski definition) is 6. The number of hydrogen-bond donors (Lipinski definition) is 1. The number of anilines is 1. The first-order valence-electron chi connectivity index (χ1n) is 11.3. The average molecular weight is 484 g/mol. The number of nitrogens with zero attached hydrogens (tertiary/aromatic N) is 2. The lowest BCUT2D eigenvalue weighted by molar-refractivity contribution is 0.0285. The SMILES string of the molecule is O=C(Nc1c(C(=O)N2CCOCC2)oc2ccccc12)c1cccc(S(=O)(=O)N2CCCC2)c1. The van der Waals surface area contributed by atoms with Crippen molar-refractivity contribution in [2.45, 2.75) is 17.7 Å². The van der Waals surface area contributed by atoms with Crippen LogP contribution in [0.4, 0.5) is 5.69 Å². The first kappa shape index (κ1) is 22.6. The molecule has 0 radical (unpaired) electrons. The van der Waals surface area contributed by atoms with E-state index in [0.29, 0.717) is 50.4 Å². The zero-order chi connectivity index (χ0) is 23.7. The van der Waals surface area contributed by atoms with Crippen LogP contribution in [0.1, 0.15) is 33.8 Å². The molecule has 10 heteroatoms. The molecule has 2 saturated heterocycles. The average Bonchev–Trinajstić information content (AvgIpc) is 3.54. The summed E-state index contributed by atoms with van der Waals surface area (Å²) in [6.07, 6.45) is 1.65. The maximum Gasteiger partial charge on any atom is 0.291 e. The highest BCUT2D eigenvalue weighted by Crippen LogP contribution is 2.32. The lowest BCUT2D eigenvalue weighted by atomic mass is 10.1. The highest BCUT2D eigenvalue weighted by atomic mass is 32.2. The van der Waals surface area contributed by atoms with E-state index in [1.165, 1.54) is 16.4 Å². The Hall–Kier alpha value is -3.21. The molecule has 2 aliphatic rings. The van der Waals surface area contributed by atoms with Crippen LogP contribution in [0, 0.1) is 0 Å². The molecule has 0 atom stereocenters. The summed E-state index contributed by atoms with van der Waals surface area (Å²) >= 11 is 0. The zero-order valence-electron chi connectivity index (χ0n) is 18.5.